The molecule has 16 nitrogen and oxygen atoms in total. The number of phosphoric ester groups is 2. The monoisotopic (exact) mass is 1600 g/mol. The van der Waals surface area contributed by atoms with Crippen LogP contribution in [0.2, 0.25) is 0 Å². The van der Waals surface area contributed by atoms with Crippen molar-refractivity contribution in [1.82, 2.24) is 0 Å². The van der Waals surface area contributed by atoms with Crippen LogP contribution in [-0.2, 0) is 55.8 Å². The molecule has 0 aliphatic carbocycles. The van der Waals surface area contributed by atoms with Crippen LogP contribution in [0.5, 0.6) is 0 Å². The van der Waals surface area contributed by atoms with E-state index in [1.165, 1.54) is 225 Å². The van der Waals surface area contributed by atoms with Crippen molar-refractivity contribution in [3.8, 4) is 0 Å². The summed E-state index contributed by atoms with van der Waals surface area (Å²) in [6, 6.07) is 0. The third kappa shape index (κ3) is 86.9. The molecule has 0 bridgehead atoms. The lowest BCUT2D eigenvalue weighted by atomic mass is 10.0. The van der Waals surface area contributed by atoms with Crippen molar-refractivity contribution < 1.29 is 75.8 Å². The highest BCUT2D eigenvalue weighted by atomic mass is 31.2. The summed E-state index contributed by atoms with van der Waals surface area (Å²) in [5, 5.41) is 20.7. The van der Waals surface area contributed by atoms with Gasteiger partial charge in [0.1, 0.15) is 25.4 Å². The molecule has 0 aromatic heterocycles. The molecule has 18 heteroatoms. The van der Waals surface area contributed by atoms with Crippen LogP contribution in [0.1, 0.15) is 406 Å². The van der Waals surface area contributed by atoms with E-state index in [4.69, 9.17) is 32.3 Å². The number of ether oxygens (including phenoxy) is 3. The number of hydrogen-bond acceptors (Lipinski definition) is 14. The van der Waals surface area contributed by atoms with E-state index >= 15 is 0 Å². The van der Waals surface area contributed by atoms with E-state index in [2.05, 4.69) is 130 Å². The van der Waals surface area contributed by atoms with Gasteiger partial charge in [-0.3, -0.25) is 32.5 Å². The lowest BCUT2D eigenvalue weighted by Gasteiger charge is -2.21. The average molecular weight is 1600 g/mol. The molecule has 0 rings (SSSR count). The Labute approximate surface area is 679 Å². The molecule has 0 saturated carbocycles. The number of esters is 3. The van der Waals surface area contributed by atoms with Gasteiger partial charge in [-0.1, -0.05) is 387 Å². The fourth-order valence-corrected chi connectivity index (χ4v) is 14.2. The van der Waals surface area contributed by atoms with Crippen LogP contribution in [0.3, 0.4) is 0 Å². The highest BCUT2D eigenvalue weighted by Gasteiger charge is 2.29. The Hall–Kier alpha value is -3.79. The minimum atomic E-state index is -4.93. The number of carbonyl (C=O) groups excluding carboxylic acids is 3. The molecular formula is C93H166O16P2. The van der Waals surface area contributed by atoms with Crippen molar-refractivity contribution in [2.75, 3.05) is 39.6 Å². The zero-order valence-corrected chi connectivity index (χ0v) is 72.7. The predicted molar refractivity (Wildman–Crippen MR) is 464 cm³/mol. The Morgan fingerprint density at radius 1 is 0.261 bits per heavy atom. The van der Waals surface area contributed by atoms with Crippen LogP contribution >= 0.6 is 15.6 Å². The summed E-state index contributed by atoms with van der Waals surface area (Å²) >= 11 is 0. The molecular weight excluding hydrogens is 1430 g/mol. The minimum absolute atomic E-state index is 0.109. The molecule has 0 aliphatic heterocycles. The van der Waals surface area contributed by atoms with E-state index < -0.39 is 91.5 Å². The van der Waals surface area contributed by atoms with E-state index in [1.807, 2.05) is 0 Å². The number of allylic oxidation sites excluding steroid dienone is 18. The normalized spacial score (nSPS) is 14.3. The van der Waals surface area contributed by atoms with Crippen molar-refractivity contribution in [3.63, 3.8) is 0 Å². The number of hydrogen-bond donors (Lipinski definition) is 4. The lowest BCUT2D eigenvalue weighted by Crippen LogP contribution is -2.30. The highest BCUT2D eigenvalue weighted by molar-refractivity contribution is 7.47. The molecule has 0 aromatic carbocycles. The van der Waals surface area contributed by atoms with Gasteiger partial charge in [0.05, 0.1) is 26.4 Å². The van der Waals surface area contributed by atoms with Crippen LogP contribution in [0, 0.1) is 0 Å². The van der Waals surface area contributed by atoms with Gasteiger partial charge in [0.15, 0.2) is 6.10 Å². The zero-order valence-electron chi connectivity index (χ0n) is 70.9. The summed E-state index contributed by atoms with van der Waals surface area (Å²) in [5.41, 5.74) is 0. The standard InChI is InChI=1S/C93H166O16P2/c1-4-7-10-13-16-19-22-25-28-30-32-34-36-38-40-42-43-45-47-48-50-52-54-56-59-61-64-67-70-73-76-79-91(96)103-82-88(94)83-105-110(99,100)106-84-89(95)85-107-111(101,102)108-87-90(109-93(98)81-78-75-72-69-66-63-58-27-24-21-18-15-12-9-6-3)86-104-92(97)80-77-74-71-68-65-62-60-57-55-53-51-49-46-44-41-39-37-35-33-31-29-26-23-20-17-14-11-8-5-2/h7,10,16-17,19-20,25-26,28-29,32-35,38-41,88-90,94-95H,4-6,8-9,11-15,18,21-24,27,30-31,36-37,42-87H2,1-3H3,(H,99,100)(H,101,102)/b10-7-,19-16-,20-17-,28-25-,29-26-,34-32-,35-33-,40-38-,41-39-. The lowest BCUT2D eigenvalue weighted by molar-refractivity contribution is -0.161. The van der Waals surface area contributed by atoms with Gasteiger partial charge in [-0.2, -0.15) is 0 Å². The molecule has 0 fully saturated rings. The Balaban J connectivity index is 4.46. The summed E-state index contributed by atoms with van der Waals surface area (Å²) in [4.78, 5) is 58.9. The van der Waals surface area contributed by atoms with Crippen molar-refractivity contribution in [2.24, 2.45) is 0 Å². The number of aliphatic hydroxyl groups excluding tert-OH is 2. The second kappa shape index (κ2) is 85.6. The number of rotatable bonds is 86. The summed E-state index contributed by atoms with van der Waals surface area (Å²) in [7, 11) is -9.79. The fourth-order valence-electron chi connectivity index (χ4n) is 12.6. The van der Waals surface area contributed by atoms with Crippen LogP contribution in [0.15, 0.2) is 109 Å². The van der Waals surface area contributed by atoms with Gasteiger partial charge in [-0.05, 0) is 109 Å². The Kier molecular flexibility index (Phi) is 82.7. The molecule has 0 radical (unpaired) electrons. The smallest absolute Gasteiger partial charge is 0.463 e. The molecule has 0 saturated heterocycles. The van der Waals surface area contributed by atoms with Gasteiger partial charge >= 0.3 is 33.6 Å². The fraction of sp³-hybridized carbons (Fsp3) is 0.774. The first-order valence-corrected chi connectivity index (χ1v) is 48.2. The van der Waals surface area contributed by atoms with Gasteiger partial charge in [0, 0.05) is 19.3 Å². The quantitative estimate of drug-likeness (QED) is 0.0146. The first-order valence-electron chi connectivity index (χ1n) is 45.2. The SMILES string of the molecule is CC/C=C\C/C=C\C/C=C\C/C=C\C/C=C\CCCCCCCCCCCCCCCCCC(=O)OCC(O)COP(=O)(O)OCC(O)COP(=O)(O)OCC(COC(=O)CCCCCCCCCCCCCCC/C=C\C/C=C\C/C=C\C/C=C\CCCCC)OC(=O)CCCCCCCCCCCCCCCCC. The van der Waals surface area contributed by atoms with Crippen LogP contribution in [0.25, 0.3) is 0 Å². The maximum atomic E-state index is 13.0. The van der Waals surface area contributed by atoms with Gasteiger partial charge in [-0.15, -0.1) is 0 Å². The first kappa shape index (κ1) is 107. The second-order valence-electron chi connectivity index (χ2n) is 30.4. The summed E-state index contributed by atoms with van der Waals surface area (Å²) in [6.07, 6.45) is 103. The van der Waals surface area contributed by atoms with E-state index in [0.29, 0.717) is 19.3 Å². The maximum Gasteiger partial charge on any atom is 0.472 e. The molecule has 0 heterocycles. The maximum absolute atomic E-state index is 13.0. The number of unbranched alkanes of at least 4 members (excludes halogenated alkanes) is 45. The number of aliphatic hydroxyl groups is 2. The average Bonchev–Trinajstić information content (AvgIpc) is 0.908. The van der Waals surface area contributed by atoms with Gasteiger partial charge < -0.3 is 34.2 Å². The topological polar surface area (TPSA) is 231 Å². The molecule has 644 valence electrons. The van der Waals surface area contributed by atoms with E-state index in [9.17, 15) is 43.5 Å². The molecule has 0 amide bonds. The van der Waals surface area contributed by atoms with Crippen LogP contribution in [0.4, 0.5) is 0 Å². The summed E-state index contributed by atoms with van der Waals surface area (Å²) < 4.78 is 61.4. The van der Waals surface area contributed by atoms with Crippen LogP contribution < -0.4 is 0 Å². The summed E-state index contributed by atoms with van der Waals surface area (Å²) in [5.74, 6) is -1.55. The molecule has 5 atom stereocenters. The van der Waals surface area contributed by atoms with E-state index in [0.717, 1.165) is 122 Å². The van der Waals surface area contributed by atoms with Gasteiger partial charge in [-0.25, -0.2) is 9.13 Å². The molecule has 4 N–H and O–H groups in total. The molecule has 0 aliphatic rings. The molecule has 0 spiro atoms. The van der Waals surface area contributed by atoms with Gasteiger partial charge in [0.25, 0.3) is 0 Å². The van der Waals surface area contributed by atoms with Gasteiger partial charge in [0.2, 0.25) is 0 Å². The third-order valence-electron chi connectivity index (χ3n) is 19.5. The molecule has 0 aromatic rings. The van der Waals surface area contributed by atoms with Crippen molar-refractivity contribution in [1.29, 1.82) is 0 Å². The number of phosphoric acid groups is 2. The first-order chi connectivity index (χ1) is 54.2. The third-order valence-corrected chi connectivity index (χ3v) is 21.4. The van der Waals surface area contributed by atoms with Crippen molar-refractivity contribution in [3.05, 3.63) is 109 Å². The molecule has 5 unspecified atom stereocenters. The van der Waals surface area contributed by atoms with E-state index in [-0.39, 0.29) is 19.3 Å². The summed E-state index contributed by atoms with van der Waals surface area (Å²) in [6.45, 7) is 2.62. The van der Waals surface area contributed by atoms with Crippen molar-refractivity contribution >= 4 is 33.6 Å². The highest BCUT2D eigenvalue weighted by Crippen LogP contribution is 2.45. The Morgan fingerprint density at radius 3 is 0.775 bits per heavy atom. The van der Waals surface area contributed by atoms with Crippen LogP contribution in [-0.4, -0.2) is 95.9 Å². The zero-order chi connectivity index (χ0) is 80.8. The molecule has 111 heavy (non-hydrogen) atoms. The predicted octanol–water partition coefficient (Wildman–Crippen LogP) is 27.4. The van der Waals surface area contributed by atoms with E-state index in [1.54, 1.807) is 0 Å². The Morgan fingerprint density at radius 2 is 0.477 bits per heavy atom. The largest absolute Gasteiger partial charge is 0.472 e. The number of carbonyl (C=O) groups is 3. The Bertz CT molecular complexity index is 2450. The second-order valence-corrected chi connectivity index (χ2v) is 33.3. The van der Waals surface area contributed by atoms with Crippen molar-refractivity contribution in [2.45, 2.75) is 424 Å². The minimum Gasteiger partial charge on any atom is -0.463 e.